The molecule has 0 bridgehead atoms. The van der Waals surface area contributed by atoms with Gasteiger partial charge in [-0.05, 0) is 49.2 Å². The average molecular weight is 387 g/mol. The number of carbonyl (C=O) groups is 2. The van der Waals surface area contributed by atoms with Gasteiger partial charge in [0.1, 0.15) is 5.75 Å². The summed E-state index contributed by atoms with van der Waals surface area (Å²) in [6, 6.07) is 12.0. The van der Waals surface area contributed by atoms with Gasteiger partial charge in [-0.25, -0.2) is 0 Å². The van der Waals surface area contributed by atoms with Crippen LogP contribution in [0.15, 0.2) is 42.5 Å². The predicted molar refractivity (Wildman–Crippen MR) is 107 cm³/mol. The van der Waals surface area contributed by atoms with E-state index in [-0.39, 0.29) is 17.9 Å². The van der Waals surface area contributed by atoms with Gasteiger partial charge < -0.3 is 15.4 Å². The van der Waals surface area contributed by atoms with Gasteiger partial charge in [0.05, 0.1) is 17.8 Å². The number of ether oxygens (including phenoxy) is 1. The second-order valence-corrected chi connectivity index (χ2v) is 7.10. The Morgan fingerprint density at radius 2 is 1.74 bits per heavy atom. The molecule has 0 saturated heterocycles. The first-order valence-electron chi connectivity index (χ1n) is 9.12. The average Bonchev–Trinajstić information content (AvgIpc) is 2.70. The number of halogens is 1. The molecular weight excluding hydrogens is 364 g/mol. The summed E-state index contributed by atoms with van der Waals surface area (Å²) in [7, 11) is 1.54. The molecule has 0 heterocycles. The van der Waals surface area contributed by atoms with Crippen molar-refractivity contribution >= 4 is 29.1 Å². The normalized spacial score (nSPS) is 14.4. The van der Waals surface area contributed by atoms with Gasteiger partial charge in [-0.1, -0.05) is 36.9 Å². The summed E-state index contributed by atoms with van der Waals surface area (Å²) in [5, 5.41) is 6.22. The zero-order chi connectivity index (χ0) is 19.2. The maximum absolute atomic E-state index is 12.5. The van der Waals surface area contributed by atoms with Crippen LogP contribution >= 0.6 is 11.6 Å². The maximum Gasteiger partial charge on any atom is 0.255 e. The summed E-state index contributed by atoms with van der Waals surface area (Å²) < 4.78 is 5.14. The Morgan fingerprint density at radius 3 is 2.48 bits per heavy atom. The summed E-state index contributed by atoms with van der Waals surface area (Å²) in [6.07, 6.45) is 5.55. The number of rotatable bonds is 5. The van der Waals surface area contributed by atoms with Crippen molar-refractivity contribution in [3.8, 4) is 5.75 Å². The first-order valence-corrected chi connectivity index (χ1v) is 9.50. The molecule has 1 fully saturated rings. The van der Waals surface area contributed by atoms with Crippen molar-refractivity contribution in [1.82, 2.24) is 5.32 Å². The smallest absolute Gasteiger partial charge is 0.255 e. The fourth-order valence-corrected chi connectivity index (χ4v) is 3.40. The van der Waals surface area contributed by atoms with Gasteiger partial charge in [-0.2, -0.15) is 0 Å². The van der Waals surface area contributed by atoms with Crippen LogP contribution in [0.4, 0.5) is 5.69 Å². The number of amides is 2. The van der Waals surface area contributed by atoms with Crippen molar-refractivity contribution in [2.45, 2.75) is 38.1 Å². The molecule has 2 N–H and O–H groups in total. The van der Waals surface area contributed by atoms with Crippen LogP contribution in [0.3, 0.4) is 0 Å². The van der Waals surface area contributed by atoms with Gasteiger partial charge in [-0.15, -0.1) is 0 Å². The highest BCUT2D eigenvalue weighted by atomic mass is 35.5. The Bertz CT molecular complexity index is 832. The third kappa shape index (κ3) is 5.01. The molecule has 0 aromatic heterocycles. The Kier molecular flexibility index (Phi) is 6.35. The molecule has 2 aromatic carbocycles. The van der Waals surface area contributed by atoms with Gasteiger partial charge in [0.25, 0.3) is 11.8 Å². The lowest BCUT2D eigenvalue weighted by molar-refractivity contribution is 0.0926. The summed E-state index contributed by atoms with van der Waals surface area (Å²) in [5.41, 5.74) is 1.33. The van der Waals surface area contributed by atoms with E-state index in [1.165, 1.54) is 6.42 Å². The maximum atomic E-state index is 12.5. The molecule has 0 unspecified atom stereocenters. The highest BCUT2D eigenvalue weighted by Crippen LogP contribution is 2.25. The van der Waals surface area contributed by atoms with Gasteiger partial charge in [-0.3, -0.25) is 9.59 Å². The zero-order valence-electron chi connectivity index (χ0n) is 15.3. The Balaban J connectivity index is 1.72. The van der Waals surface area contributed by atoms with Crippen LogP contribution in [0, 0.1) is 0 Å². The van der Waals surface area contributed by atoms with Crippen LogP contribution in [0.5, 0.6) is 5.75 Å². The van der Waals surface area contributed by atoms with Crippen molar-refractivity contribution in [2.75, 3.05) is 12.4 Å². The lowest BCUT2D eigenvalue weighted by atomic mass is 9.95. The van der Waals surface area contributed by atoms with Crippen LogP contribution in [-0.4, -0.2) is 25.0 Å². The molecule has 142 valence electrons. The van der Waals surface area contributed by atoms with Crippen LogP contribution < -0.4 is 15.4 Å². The molecule has 2 amide bonds. The third-order valence-corrected chi connectivity index (χ3v) is 5.08. The highest BCUT2D eigenvalue weighted by molar-refractivity contribution is 6.34. The fourth-order valence-electron chi connectivity index (χ4n) is 3.24. The highest BCUT2D eigenvalue weighted by Gasteiger charge is 2.18. The lowest BCUT2D eigenvalue weighted by Gasteiger charge is -2.23. The lowest BCUT2D eigenvalue weighted by Crippen LogP contribution is -2.36. The Labute approximate surface area is 164 Å². The van der Waals surface area contributed by atoms with Crippen molar-refractivity contribution < 1.29 is 14.3 Å². The monoisotopic (exact) mass is 386 g/mol. The molecule has 5 nitrogen and oxygen atoms in total. The molecular formula is C21H23ClN2O3. The quantitative estimate of drug-likeness (QED) is 0.785. The minimum Gasteiger partial charge on any atom is -0.497 e. The van der Waals surface area contributed by atoms with Gasteiger partial charge in [0.2, 0.25) is 0 Å². The van der Waals surface area contributed by atoms with Crippen molar-refractivity contribution in [2.24, 2.45) is 0 Å². The van der Waals surface area contributed by atoms with Crippen LogP contribution in [-0.2, 0) is 0 Å². The van der Waals surface area contributed by atoms with E-state index in [1.54, 1.807) is 49.6 Å². The van der Waals surface area contributed by atoms with E-state index in [1.807, 2.05) is 0 Å². The van der Waals surface area contributed by atoms with Crippen molar-refractivity contribution in [3.05, 3.63) is 58.6 Å². The first-order chi connectivity index (χ1) is 13.1. The topological polar surface area (TPSA) is 67.4 Å². The molecule has 0 radical (unpaired) electrons. The summed E-state index contributed by atoms with van der Waals surface area (Å²) >= 11 is 6.21. The van der Waals surface area contributed by atoms with E-state index in [4.69, 9.17) is 16.3 Å². The fraction of sp³-hybridized carbons (Fsp3) is 0.333. The molecule has 1 aliphatic rings. The number of hydrogen-bond donors (Lipinski definition) is 2. The molecule has 2 aromatic rings. The molecule has 3 rings (SSSR count). The molecule has 27 heavy (non-hydrogen) atoms. The number of carbonyl (C=O) groups excluding carboxylic acids is 2. The molecule has 0 aliphatic heterocycles. The number of hydrogen-bond acceptors (Lipinski definition) is 3. The SMILES string of the molecule is COc1cccc(C(=O)Nc2cc(C(=O)NC3CCCCC3)ccc2Cl)c1. The van der Waals surface area contributed by atoms with Crippen molar-refractivity contribution in [3.63, 3.8) is 0 Å². The van der Waals surface area contributed by atoms with E-state index in [2.05, 4.69) is 10.6 Å². The Hall–Kier alpha value is -2.53. The third-order valence-electron chi connectivity index (χ3n) is 4.75. The largest absolute Gasteiger partial charge is 0.497 e. The number of anilines is 1. The minimum atomic E-state index is -0.319. The van der Waals surface area contributed by atoms with Gasteiger partial charge >= 0.3 is 0 Å². The number of benzene rings is 2. The second kappa shape index (κ2) is 8.91. The number of nitrogens with one attached hydrogen (secondary N) is 2. The first kappa shape index (κ1) is 19.2. The zero-order valence-corrected chi connectivity index (χ0v) is 16.0. The van der Waals surface area contributed by atoms with E-state index >= 15 is 0 Å². The molecule has 0 spiro atoms. The predicted octanol–water partition coefficient (Wildman–Crippen LogP) is 4.66. The minimum absolute atomic E-state index is 0.143. The van der Waals surface area contributed by atoms with E-state index in [9.17, 15) is 9.59 Å². The standard InChI is InChI=1S/C21H23ClN2O3/c1-27-17-9-5-6-14(12-17)21(26)24-19-13-15(10-11-18(19)22)20(25)23-16-7-3-2-4-8-16/h5-6,9-13,16H,2-4,7-8H2,1H3,(H,23,25)(H,24,26). The van der Waals surface area contributed by atoms with Crippen LogP contribution in [0.2, 0.25) is 5.02 Å². The van der Waals surface area contributed by atoms with E-state index in [0.29, 0.717) is 27.6 Å². The molecule has 0 atom stereocenters. The van der Waals surface area contributed by atoms with E-state index < -0.39 is 0 Å². The number of methoxy groups -OCH3 is 1. The van der Waals surface area contributed by atoms with Gasteiger partial charge in [0, 0.05) is 17.2 Å². The Morgan fingerprint density at radius 1 is 1.00 bits per heavy atom. The van der Waals surface area contributed by atoms with E-state index in [0.717, 1.165) is 25.7 Å². The summed E-state index contributed by atoms with van der Waals surface area (Å²) in [6.45, 7) is 0. The summed E-state index contributed by atoms with van der Waals surface area (Å²) in [5.74, 6) is 0.130. The molecule has 6 heteroatoms. The second-order valence-electron chi connectivity index (χ2n) is 6.69. The van der Waals surface area contributed by atoms with Crippen molar-refractivity contribution in [1.29, 1.82) is 0 Å². The summed E-state index contributed by atoms with van der Waals surface area (Å²) in [4.78, 5) is 25.0. The van der Waals surface area contributed by atoms with Crippen LogP contribution in [0.25, 0.3) is 0 Å². The molecule has 1 aliphatic carbocycles. The van der Waals surface area contributed by atoms with Gasteiger partial charge in [0.15, 0.2) is 0 Å². The molecule has 1 saturated carbocycles. The van der Waals surface area contributed by atoms with Crippen LogP contribution in [0.1, 0.15) is 52.8 Å².